The molecule has 0 aliphatic carbocycles. The Morgan fingerprint density at radius 2 is 1.15 bits per heavy atom. The lowest BCUT2D eigenvalue weighted by atomic mass is 9.83. The maximum atomic E-state index is 7.35. The van der Waals surface area contributed by atoms with Crippen molar-refractivity contribution < 1.29 is 4.74 Å². The summed E-state index contributed by atoms with van der Waals surface area (Å²) in [5.74, 6) is 1.32. The third-order valence-electron chi connectivity index (χ3n) is 4.91. The molecule has 134 valence electrons. The molecule has 0 fully saturated rings. The molecular weight excluding hydrogens is 340 g/mol. The second kappa shape index (κ2) is 7.55. The Morgan fingerprint density at radius 1 is 0.731 bits per heavy atom. The van der Waals surface area contributed by atoms with Crippen LogP contribution in [0.3, 0.4) is 0 Å². The first-order chi connectivity index (χ1) is 12.4. The Bertz CT molecular complexity index is 848. The standard InChI is InChI=1S/C24H25ClO/c1-17(2)19-7-11-21(12-8-19)24(25,20-9-5-18(3)6-10-20)22-13-15-23(26-4)16-14-22/h5-17H,1-4H3. The van der Waals surface area contributed by atoms with Crippen molar-refractivity contribution in [3.05, 3.63) is 101 Å². The van der Waals surface area contributed by atoms with E-state index in [4.69, 9.17) is 16.3 Å². The molecule has 1 nitrogen and oxygen atoms in total. The van der Waals surface area contributed by atoms with Gasteiger partial charge in [-0.15, -0.1) is 11.6 Å². The van der Waals surface area contributed by atoms with Crippen LogP contribution in [0.5, 0.6) is 5.75 Å². The third kappa shape index (κ3) is 3.50. The lowest BCUT2D eigenvalue weighted by Crippen LogP contribution is -2.22. The summed E-state index contributed by atoms with van der Waals surface area (Å²) >= 11 is 7.35. The van der Waals surface area contributed by atoms with Crippen LogP contribution in [-0.2, 0) is 4.87 Å². The Hall–Kier alpha value is -2.25. The number of hydrogen-bond acceptors (Lipinski definition) is 1. The zero-order chi connectivity index (χ0) is 18.7. The summed E-state index contributed by atoms with van der Waals surface area (Å²) in [6, 6.07) is 25.1. The van der Waals surface area contributed by atoms with Gasteiger partial charge in [0.15, 0.2) is 0 Å². The zero-order valence-corrected chi connectivity index (χ0v) is 16.5. The van der Waals surface area contributed by atoms with Crippen LogP contribution in [0, 0.1) is 6.92 Å². The van der Waals surface area contributed by atoms with Crippen molar-refractivity contribution >= 4 is 11.6 Å². The van der Waals surface area contributed by atoms with E-state index < -0.39 is 4.87 Å². The first-order valence-electron chi connectivity index (χ1n) is 8.96. The Morgan fingerprint density at radius 3 is 1.58 bits per heavy atom. The quantitative estimate of drug-likeness (QED) is 0.363. The predicted molar refractivity (Wildman–Crippen MR) is 110 cm³/mol. The average molecular weight is 365 g/mol. The average Bonchev–Trinajstić information content (AvgIpc) is 2.68. The van der Waals surface area contributed by atoms with E-state index in [0.29, 0.717) is 5.92 Å². The molecule has 2 heteroatoms. The van der Waals surface area contributed by atoms with Gasteiger partial charge in [-0.05, 0) is 47.2 Å². The number of aryl methyl sites for hydroxylation is 1. The molecule has 0 saturated carbocycles. The molecule has 0 amide bonds. The Kier molecular flexibility index (Phi) is 5.38. The van der Waals surface area contributed by atoms with E-state index in [1.165, 1.54) is 11.1 Å². The normalized spacial score (nSPS) is 13.5. The van der Waals surface area contributed by atoms with Crippen LogP contribution in [-0.4, -0.2) is 7.11 Å². The molecule has 0 N–H and O–H groups in total. The molecule has 0 spiro atoms. The zero-order valence-electron chi connectivity index (χ0n) is 15.8. The first kappa shape index (κ1) is 18.5. The number of hydrogen-bond donors (Lipinski definition) is 0. The summed E-state index contributed by atoms with van der Waals surface area (Å²) in [4.78, 5) is -0.741. The molecular formula is C24H25ClO. The van der Waals surface area contributed by atoms with Crippen molar-refractivity contribution in [2.75, 3.05) is 7.11 Å². The fourth-order valence-electron chi connectivity index (χ4n) is 3.20. The fraction of sp³-hybridized carbons (Fsp3) is 0.250. The number of ether oxygens (including phenoxy) is 1. The van der Waals surface area contributed by atoms with E-state index in [1.807, 2.05) is 24.3 Å². The summed E-state index contributed by atoms with van der Waals surface area (Å²) in [5, 5.41) is 0. The number of alkyl halides is 1. The highest BCUT2D eigenvalue weighted by Crippen LogP contribution is 2.43. The van der Waals surface area contributed by atoms with Gasteiger partial charge in [-0.25, -0.2) is 0 Å². The van der Waals surface area contributed by atoms with Gasteiger partial charge in [0.1, 0.15) is 10.6 Å². The third-order valence-corrected chi connectivity index (χ3v) is 5.57. The minimum Gasteiger partial charge on any atom is -0.497 e. The van der Waals surface area contributed by atoms with Gasteiger partial charge in [-0.2, -0.15) is 0 Å². The van der Waals surface area contributed by atoms with Crippen LogP contribution < -0.4 is 4.74 Å². The Labute approximate surface area is 161 Å². The van der Waals surface area contributed by atoms with Gasteiger partial charge >= 0.3 is 0 Å². The molecule has 26 heavy (non-hydrogen) atoms. The van der Waals surface area contributed by atoms with E-state index in [0.717, 1.165) is 22.4 Å². The second-order valence-corrected chi connectivity index (χ2v) is 7.60. The topological polar surface area (TPSA) is 9.23 Å². The van der Waals surface area contributed by atoms with Gasteiger partial charge in [0, 0.05) is 0 Å². The van der Waals surface area contributed by atoms with Crippen molar-refractivity contribution in [1.29, 1.82) is 0 Å². The van der Waals surface area contributed by atoms with Gasteiger partial charge in [0.05, 0.1) is 7.11 Å². The molecule has 0 bridgehead atoms. The molecule has 3 rings (SSSR count). The van der Waals surface area contributed by atoms with E-state index in [2.05, 4.69) is 69.3 Å². The first-order valence-corrected chi connectivity index (χ1v) is 9.34. The molecule has 0 heterocycles. The van der Waals surface area contributed by atoms with Crippen molar-refractivity contribution in [2.24, 2.45) is 0 Å². The number of rotatable bonds is 5. The number of benzene rings is 3. The molecule has 3 aromatic rings. The van der Waals surface area contributed by atoms with E-state index >= 15 is 0 Å². The van der Waals surface area contributed by atoms with Crippen LogP contribution in [0.2, 0.25) is 0 Å². The Balaban J connectivity index is 2.15. The molecule has 0 aromatic heterocycles. The summed E-state index contributed by atoms with van der Waals surface area (Å²) < 4.78 is 5.31. The molecule has 0 saturated heterocycles. The van der Waals surface area contributed by atoms with Gasteiger partial charge in [-0.1, -0.05) is 80.1 Å². The molecule has 0 aliphatic rings. The fourth-order valence-corrected chi connectivity index (χ4v) is 3.58. The molecule has 0 aliphatic heterocycles. The van der Waals surface area contributed by atoms with Gasteiger partial charge in [0.25, 0.3) is 0 Å². The molecule has 3 aromatic carbocycles. The van der Waals surface area contributed by atoms with E-state index in [9.17, 15) is 0 Å². The highest BCUT2D eigenvalue weighted by molar-refractivity contribution is 6.28. The maximum Gasteiger partial charge on any atom is 0.119 e. The van der Waals surface area contributed by atoms with E-state index in [1.54, 1.807) is 7.11 Å². The summed E-state index contributed by atoms with van der Waals surface area (Å²) in [5.41, 5.74) is 5.69. The molecule has 0 radical (unpaired) electrons. The molecule has 1 unspecified atom stereocenters. The van der Waals surface area contributed by atoms with Crippen LogP contribution in [0.1, 0.15) is 47.6 Å². The van der Waals surface area contributed by atoms with Gasteiger partial charge < -0.3 is 4.74 Å². The smallest absolute Gasteiger partial charge is 0.119 e. The van der Waals surface area contributed by atoms with Crippen molar-refractivity contribution in [3.63, 3.8) is 0 Å². The minimum atomic E-state index is -0.741. The lowest BCUT2D eigenvalue weighted by Gasteiger charge is -2.30. The lowest BCUT2D eigenvalue weighted by molar-refractivity contribution is 0.414. The monoisotopic (exact) mass is 364 g/mol. The van der Waals surface area contributed by atoms with Crippen LogP contribution in [0.4, 0.5) is 0 Å². The van der Waals surface area contributed by atoms with Crippen LogP contribution in [0.15, 0.2) is 72.8 Å². The van der Waals surface area contributed by atoms with Crippen molar-refractivity contribution in [3.8, 4) is 5.75 Å². The maximum absolute atomic E-state index is 7.35. The summed E-state index contributed by atoms with van der Waals surface area (Å²) in [6.45, 7) is 6.49. The molecule has 1 atom stereocenters. The summed E-state index contributed by atoms with van der Waals surface area (Å²) in [7, 11) is 1.67. The van der Waals surface area contributed by atoms with Crippen molar-refractivity contribution in [1.82, 2.24) is 0 Å². The highest BCUT2D eigenvalue weighted by Gasteiger charge is 2.34. The van der Waals surface area contributed by atoms with Gasteiger partial charge in [-0.3, -0.25) is 0 Å². The number of methoxy groups -OCH3 is 1. The SMILES string of the molecule is COc1ccc(C(Cl)(c2ccc(C)cc2)c2ccc(C(C)C)cc2)cc1. The van der Waals surface area contributed by atoms with E-state index in [-0.39, 0.29) is 0 Å². The minimum absolute atomic E-state index is 0.495. The van der Waals surface area contributed by atoms with Crippen LogP contribution >= 0.6 is 11.6 Å². The second-order valence-electron chi connectivity index (χ2n) is 7.03. The predicted octanol–water partition coefficient (Wildman–Crippen LogP) is 6.66. The van der Waals surface area contributed by atoms with Crippen molar-refractivity contribution in [2.45, 2.75) is 31.6 Å². The number of halogens is 1. The highest BCUT2D eigenvalue weighted by atomic mass is 35.5. The largest absolute Gasteiger partial charge is 0.497 e. The van der Waals surface area contributed by atoms with Crippen LogP contribution in [0.25, 0.3) is 0 Å². The van der Waals surface area contributed by atoms with Gasteiger partial charge in [0.2, 0.25) is 0 Å². The summed E-state index contributed by atoms with van der Waals surface area (Å²) in [6.07, 6.45) is 0.